The lowest BCUT2D eigenvalue weighted by molar-refractivity contribution is -0.127. The molecule has 2 N–H and O–H groups in total. The highest BCUT2D eigenvalue weighted by molar-refractivity contribution is 5.86. The van der Waals surface area contributed by atoms with Crippen molar-refractivity contribution in [3.63, 3.8) is 0 Å². The number of rotatable bonds is 18. The van der Waals surface area contributed by atoms with Crippen LogP contribution in [0.4, 0.5) is 4.79 Å². The summed E-state index contributed by atoms with van der Waals surface area (Å²) in [4.78, 5) is 55.1. The lowest BCUT2D eigenvalue weighted by Gasteiger charge is -2.27. The Morgan fingerprint density at radius 1 is 0.913 bits per heavy atom. The van der Waals surface area contributed by atoms with Crippen molar-refractivity contribution in [1.82, 2.24) is 29.3 Å². The van der Waals surface area contributed by atoms with E-state index in [1.165, 1.54) is 9.13 Å². The number of nitrogens with zero attached hydrogens (tertiary/aromatic N) is 4. The number of ether oxygens (including phenoxy) is 2. The number of carbonyl (C=O) groups is 2. The van der Waals surface area contributed by atoms with E-state index in [4.69, 9.17) is 9.47 Å². The fourth-order valence-corrected chi connectivity index (χ4v) is 5.28. The summed E-state index contributed by atoms with van der Waals surface area (Å²) in [5, 5.41) is 5.64. The highest BCUT2D eigenvalue weighted by Gasteiger charge is 2.29. The molecule has 2 aromatic heterocycles. The molecule has 0 aliphatic heterocycles. The molecule has 1 aromatic carbocycles. The zero-order valence-corrected chi connectivity index (χ0v) is 28.3. The summed E-state index contributed by atoms with van der Waals surface area (Å²) in [6.07, 6.45) is 9.35. The number of hydrogen-bond acceptors (Lipinski definition) is 7. The molecule has 1 unspecified atom stereocenters. The molecule has 0 aliphatic carbocycles. The molecule has 254 valence electrons. The summed E-state index contributed by atoms with van der Waals surface area (Å²) < 4.78 is 15.7. The van der Waals surface area contributed by atoms with Crippen LogP contribution in [0.1, 0.15) is 91.0 Å². The lowest BCUT2D eigenvalue weighted by atomic mass is 10.1. The van der Waals surface area contributed by atoms with Crippen LogP contribution in [0, 0.1) is 0 Å². The van der Waals surface area contributed by atoms with Gasteiger partial charge in [0.1, 0.15) is 11.6 Å². The Kier molecular flexibility index (Phi) is 14.0. The van der Waals surface area contributed by atoms with E-state index in [-0.39, 0.29) is 17.2 Å². The molecule has 12 heteroatoms. The number of aromatic nitrogens is 4. The van der Waals surface area contributed by atoms with Crippen LogP contribution in [0.15, 0.2) is 46.2 Å². The van der Waals surface area contributed by atoms with Gasteiger partial charge in [-0.2, -0.15) is 0 Å². The molecule has 46 heavy (non-hydrogen) atoms. The summed E-state index contributed by atoms with van der Waals surface area (Å²) in [7, 11) is 3.40. The number of imidazole rings is 1. The molecule has 0 saturated heterocycles. The molecule has 2 amide bonds. The highest BCUT2D eigenvalue weighted by Crippen LogP contribution is 2.12. The first-order valence-corrected chi connectivity index (χ1v) is 16.4. The van der Waals surface area contributed by atoms with Gasteiger partial charge in [0, 0.05) is 27.2 Å². The minimum absolute atomic E-state index is 0.282. The molecule has 2 heterocycles. The summed E-state index contributed by atoms with van der Waals surface area (Å²) in [6.45, 7) is 8.34. The SMILES string of the molecule is C[C@@H](OCc1ccccc1)C(NC(=O)OC(C)(C)C)C(=O)NCCCCCCCCCCCn1c(=O)c2c(ncn2C)n(C)c1=O. The van der Waals surface area contributed by atoms with Gasteiger partial charge in [-0.3, -0.25) is 18.7 Å². The number of fused-ring (bicyclic) bond motifs is 1. The fourth-order valence-electron chi connectivity index (χ4n) is 5.28. The number of unbranched alkanes of at least 4 members (excludes halogenated alkanes) is 8. The van der Waals surface area contributed by atoms with Crippen molar-refractivity contribution in [2.24, 2.45) is 14.1 Å². The summed E-state index contributed by atoms with van der Waals surface area (Å²) >= 11 is 0. The van der Waals surface area contributed by atoms with E-state index < -0.39 is 23.8 Å². The predicted octanol–water partition coefficient (Wildman–Crippen LogP) is 4.56. The average molecular weight is 641 g/mol. The smallest absolute Gasteiger partial charge is 0.408 e. The second-order valence-electron chi connectivity index (χ2n) is 12.9. The Labute approximate surface area is 271 Å². The number of carbonyl (C=O) groups excluding carboxylic acids is 2. The zero-order valence-electron chi connectivity index (χ0n) is 28.3. The summed E-state index contributed by atoms with van der Waals surface area (Å²) in [5.41, 5.74) is 0.545. The molecule has 12 nitrogen and oxygen atoms in total. The number of benzene rings is 1. The molecular weight excluding hydrogens is 588 g/mol. The van der Waals surface area contributed by atoms with E-state index in [0.29, 0.717) is 30.9 Å². The third-order valence-corrected chi connectivity index (χ3v) is 7.84. The largest absolute Gasteiger partial charge is 0.444 e. The second kappa shape index (κ2) is 17.7. The lowest BCUT2D eigenvalue weighted by Crippen LogP contribution is -2.54. The van der Waals surface area contributed by atoms with Crippen molar-refractivity contribution in [2.45, 2.75) is 116 Å². The van der Waals surface area contributed by atoms with Gasteiger partial charge in [0.05, 0.1) is 19.0 Å². The molecule has 0 spiro atoms. The van der Waals surface area contributed by atoms with Crippen LogP contribution in [-0.4, -0.2) is 55.0 Å². The van der Waals surface area contributed by atoms with E-state index in [9.17, 15) is 19.2 Å². The van der Waals surface area contributed by atoms with Gasteiger partial charge in [-0.25, -0.2) is 14.6 Å². The van der Waals surface area contributed by atoms with Crippen LogP contribution in [0.5, 0.6) is 0 Å². The van der Waals surface area contributed by atoms with E-state index in [1.54, 1.807) is 52.7 Å². The zero-order chi connectivity index (χ0) is 33.7. The second-order valence-corrected chi connectivity index (χ2v) is 12.9. The fraction of sp³-hybridized carbons (Fsp3) is 0.618. The Morgan fingerprint density at radius 2 is 1.52 bits per heavy atom. The van der Waals surface area contributed by atoms with Crippen molar-refractivity contribution in [1.29, 1.82) is 0 Å². The van der Waals surface area contributed by atoms with Gasteiger partial charge < -0.3 is 24.7 Å². The van der Waals surface area contributed by atoms with Gasteiger partial charge in [-0.15, -0.1) is 0 Å². The van der Waals surface area contributed by atoms with Crippen LogP contribution < -0.4 is 21.9 Å². The van der Waals surface area contributed by atoms with E-state index in [0.717, 1.165) is 63.4 Å². The van der Waals surface area contributed by atoms with Gasteiger partial charge >= 0.3 is 11.8 Å². The third-order valence-electron chi connectivity index (χ3n) is 7.84. The molecule has 0 radical (unpaired) electrons. The molecule has 0 aliphatic rings. The Morgan fingerprint density at radius 3 is 2.15 bits per heavy atom. The molecule has 3 aromatic rings. The third kappa shape index (κ3) is 11.1. The van der Waals surface area contributed by atoms with Crippen LogP contribution >= 0.6 is 0 Å². The summed E-state index contributed by atoms with van der Waals surface area (Å²) in [5.74, 6) is -0.299. The van der Waals surface area contributed by atoms with Crippen molar-refractivity contribution in [3.8, 4) is 0 Å². The minimum atomic E-state index is -0.891. The monoisotopic (exact) mass is 640 g/mol. The first-order valence-electron chi connectivity index (χ1n) is 16.4. The number of alkyl carbamates (subject to hydrolysis) is 1. The average Bonchev–Trinajstić information content (AvgIpc) is 3.40. The molecule has 0 fully saturated rings. The van der Waals surface area contributed by atoms with Crippen LogP contribution in [0.25, 0.3) is 11.2 Å². The number of nitrogens with one attached hydrogen (secondary N) is 2. The normalized spacial score (nSPS) is 13.0. The molecule has 0 saturated carbocycles. The Balaban J connectivity index is 1.31. The predicted molar refractivity (Wildman–Crippen MR) is 179 cm³/mol. The van der Waals surface area contributed by atoms with Gasteiger partial charge in [-0.05, 0) is 46.1 Å². The number of aryl methyl sites for hydroxylation is 2. The minimum Gasteiger partial charge on any atom is -0.444 e. The Hall–Kier alpha value is -3.93. The first kappa shape index (κ1) is 36.5. The molecule has 2 atom stereocenters. The van der Waals surface area contributed by atoms with Gasteiger partial charge in [0.25, 0.3) is 5.56 Å². The molecule has 0 bridgehead atoms. The maximum atomic E-state index is 13.1. The topological polar surface area (TPSA) is 138 Å². The molecule has 3 rings (SSSR count). The number of hydrogen-bond donors (Lipinski definition) is 2. The van der Waals surface area contributed by atoms with Crippen molar-refractivity contribution < 1.29 is 19.1 Å². The summed E-state index contributed by atoms with van der Waals surface area (Å²) in [6, 6.07) is 8.78. The van der Waals surface area contributed by atoms with Gasteiger partial charge in [0.15, 0.2) is 11.2 Å². The number of amides is 2. The van der Waals surface area contributed by atoms with Crippen LogP contribution in [0.2, 0.25) is 0 Å². The maximum Gasteiger partial charge on any atom is 0.408 e. The van der Waals surface area contributed by atoms with E-state index in [1.807, 2.05) is 30.3 Å². The van der Waals surface area contributed by atoms with Gasteiger partial charge in [0.2, 0.25) is 5.91 Å². The van der Waals surface area contributed by atoms with Crippen molar-refractivity contribution >= 4 is 23.2 Å². The van der Waals surface area contributed by atoms with E-state index in [2.05, 4.69) is 15.6 Å². The highest BCUT2D eigenvalue weighted by atomic mass is 16.6. The molecular formula is C34H52N6O6. The quantitative estimate of drug-likeness (QED) is 0.195. The Bertz CT molecular complexity index is 1520. The first-order chi connectivity index (χ1) is 21.9. The van der Waals surface area contributed by atoms with Crippen molar-refractivity contribution in [3.05, 3.63) is 63.1 Å². The van der Waals surface area contributed by atoms with Crippen LogP contribution in [-0.2, 0) is 41.5 Å². The standard InChI is InChI=1S/C34H52N6O6/c1-25(45-23-26-19-15-14-16-20-26)27(37-32(43)46-34(2,3)4)30(41)35-21-17-12-10-8-7-9-11-13-18-22-40-31(42)28-29(36-24-38(28)5)39(6)33(40)44/h14-16,19-20,24-25,27H,7-13,17-18,21-23H2,1-6H3,(H,35,41)(H,37,43)/t25-,27?/m1/s1. The van der Waals surface area contributed by atoms with Crippen molar-refractivity contribution in [2.75, 3.05) is 6.54 Å². The maximum absolute atomic E-state index is 13.1. The van der Waals surface area contributed by atoms with E-state index >= 15 is 0 Å². The van der Waals surface area contributed by atoms with Crippen LogP contribution in [0.3, 0.4) is 0 Å². The van der Waals surface area contributed by atoms with Gasteiger partial charge in [-0.1, -0.05) is 75.3 Å².